The highest BCUT2D eigenvalue weighted by Gasteiger charge is 2.20. The van der Waals surface area contributed by atoms with Gasteiger partial charge in [0.25, 0.3) is 0 Å². The predicted molar refractivity (Wildman–Crippen MR) is 62.8 cm³/mol. The summed E-state index contributed by atoms with van der Waals surface area (Å²) in [4.78, 5) is 27.2. The molecule has 18 heavy (non-hydrogen) atoms. The van der Waals surface area contributed by atoms with Crippen molar-refractivity contribution in [3.8, 4) is 0 Å². The molecule has 0 spiro atoms. The fourth-order valence-corrected chi connectivity index (χ4v) is 2.17. The van der Waals surface area contributed by atoms with Crippen LogP contribution in [0.25, 0.3) is 0 Å². The van der Waals surface area contributed by atoms with Gasteiger partial charge in [-0.25, -0.2) is 9.89 Å². The van der Waals surface area contributed by atoms with E-state index >= 15 is 0 Å². The van der Waals surface area contributed by atoms with Crippen LogP contribution in [0.15, 0.2) is 23.1 Å². The third kappa shape index (κ3) is 1.94. The molecule has 0 saturated heterocycles. The van der Waals surface area contributed by atoms with Crippen molar-refractivity contribution < 1.29 is 4.79 Å². The van der Waals surface area contributed by atoms with Crippen LogP contribution < -0.4 is 5.69 Å². The second kappa shape index (κ2) is 4.17. The van der Waals surface area contributed by atoms with Gasteiger partial charge in [0.2, 0.25) is 5.91 Å². The van der Waals surface area contributed by atoms with Crippen LogP contribution in [0.3, 0.4) is 0 Å². The van der Waals surface area contributed by atoms with Gasteiger partial charge in [-0.1, -0.05) is 0 Å². The summed E-state index contributed by atoms with van der Waals surface area (Å²) in [5.74, 6) is 0.358. The first-order valence-corrected chi connectivity index (χ1v) is 5.78. The monoisotopic (exact) mass is 247 g/mol. The van der Waals surface area contributed by atoms with Gasteiger partial charge in [-0.15, -0.1) is 0 Å². The molecule has 1 aliphatic rings. The van der Waals surface area contributed by atoms with E-state index in [1.165, 1.54) is 0 Å². The van der Waals surface area contributed by atoms with Crippen molar-refractivity contribution in [1.82, 2.24) is 24.6 Å². The predicted octanol–water partition coefficient (Wildman–Crippen LogP) is -0.516. The Morgan fingerprint density at radius 3 is 3.11 bits per heavy atom. The number of hydrogen-bond donors (Lipinski definition) is 2. The molecule has 2 aromatic rings. The number of fused-ring (bicyclic) bond motifs is 1. The average Bonchev–Trinajstić information content (AvgIpc) is 2.96. The van der Waals surface area contributed by atoms with Crippen molar-refractivity contribution >= 4 is 5.91 Å². The minimum atomic E-state index is -0.384. The normalized spacial score (nSPS) is 14.6. The molecule has 2 N–H and O–H groups in total. The molecule has 0 aromatic carbocycles. The molecule has 0 fully saturated rings. The van der Waals surface area contributed by atoms with Crippen molar-refractivity contribution in [1.29, 1.82) is 0 Å². The molecule has 0 unspecified atom stereocenters. The van der Waals surface area contributed by atoms with Crippen LogP contribution in [-0.4, -0.2) is 37.1 Å². The lowest BCUT2D eigenvalue weighted by molar-refractivity contribution is -0.132. The molecular weight excluding hydrogens is 234 g/mol. The van der Waals surface area contributed by atoms with Gasteiger partial charge in [0.15, 0.2) is 0 Å². The number of aromatic nitrogens is 4. The van der Waals surface area contributed by atoms with E-state index in [-0.39, 0.29) is 18.0 Å². The van der Waals surface area contributed by atoms with Crippen LogP contribution in [0.4, 0.5) is 0 Å². The Labute approximate surface area is 102 Å². The maximum Gasteiger partial charge on any atom is 0.340 e. The van der Waals surface area contributed by atoms with E-state index in [1.807, 2.05) is 18.3 Å². The zero-order chi connectivity index (χ0) is 12.5. The minimum Gasteiger partial charge on any atom is -0.348 e. The molecule has 0 radical (unpaired) electrons. The third-order valence-corrected chi connectivity index (χ3v) is 3.11. The minimum absolute atomic E-state index is 0.0230. The van der Waals surface area contributed by atoms with Gasteiger partial charge in [0, 0.05) is 25.0 Å². The first-order valence-electron chi connectivity index (χ1n) is 5.78. The van der Waals surface area contributed by atoms with Crippen molar-refractivity contribution in [2.75, 3.05) is 6.54 Å². The van der Waals surface area contributed by atoms with Crippen molar-refractivity contribution in [2.45, 2.75) is 19.5 Å². The Kier molecular flexibility index (Phi) is 2.51. The number of H-pyrrole nitrogens is 2. The van der Waals surface area contributed by atoms with Crippen LogP contribution >= 0.6 is 0 Å². The summed E-state index contributed by atoms with van der Waals surface area (Å²) in [5, 5.41) is 5.99. The number of hydrogen-bond acceptors (Lipinski definition) is 3. The molecule has 3 heterocycles. The summed E-state index contributed by atoms with van der Waals surface area (Å²) >= 11 is 0. The number of nitrogens with zero attached hydrogens (tertiary/aromatic N) is 3. The van der Waals surface area contributed by atoms with Gasteiger partial charge in [0.05, 0.1) is 13.0 Å². The van der Waals surface area contributed by atoms with Crippen molar-refractivity contribution in [2.24, 2.45) is 0 Å². The van der Waals surface area contributed by atoms with Gasteiger partial charge in [-0.05, 0) is 12.1 Å². The Morgan fingerprint density at radius 2 is 2.33 bits per heavy atom. The van der Waals surface area contributed by atoms with E-state index in [1.54, 1.807) is 4.90 Å². The van der Waals surface area contributed by atoms with Crippen LogP contribution in [0.1, 0.15) is 11.5 Å². The lowest BCUT2D eigenvalue weighted by Gasteiger charge is -2.28. The molecule has 0 saturated carbocycles. The van der Waals surface area contributed by atoms with E-state index in [2.05, 4.69) is 19.7 Å². The quantitative estimate of drug-likeness (QED) is 0.749. The molecule has 3 rings (SSSR count). The van der Waals surface area contributed by atoms with E-state index in [9.17, 15) is 9.59 Å². The molecule has 0 bridgehead atoms. The fraction of sp³-hybridized carbons (Fsp3) is 0.364. The largest absolute Gasteiger partial charge is 0.348 e. The molecule has 7 nitrogen and oxygen atoms in total. The highest BCUT2D eigenvalue weighted by Crippen LogP contribution is 2.13. The molecule has 7 heteroatoms. The van der Waals surface area contributed by atoms with E-state index < -0.39 is 0 Å². The number of aromatic amines is 2. The maximum absolute atomic E-state index is 12.0. The van der Waals surface area contributed by atoms with E-state index in [4.69, 9.17) is 0 Å². The summed E-state index contributed by atoms with van der Waals surface area (Å²) in [6, 6.07) is 3.99. The summed E-state index contributed by atoms with van der Waals surface area (Å²) in [6.07, 6.45) is 2.14. The summed E-state index contributed by atoms with van der Waals surface area (Å²) in [5.41, 5.74) is 0.746. The zero-order valence-corrected chi connectivity index (χ0v) is 9.72. The molecular formula is C11H13N5O2. The Balaban J connectivity index is 1.69. The number of amides is 1. The maximum atomic E-state index is 12.0. The second-order valence-corrected chi connectivity index (χ2v) is 4.31. The van der Waals surface area contributed by atoms with Crippen molar-refractivity contribution in [3.63, 3.8) is 0 Å². The lowest BCUT2D eigenvalue weighted by Crippen LogP contribution is -2.38. The molecule has 0 atom stereocenters. The van der Waals surface area contributed by atoms with Gasteiger partial charge in [-0.3, -0.25) is 9.78 Å². The topological polar surface area (TPSA) is 86.8 Å². The Hall–Kier alpha value is -2.31. The zero-order valence-electron chi connectivity index (χ0n) is 9.72. The average molecular weight is 247 g/mol. The van der Waals surface area contributed by atoms with Gasteiger partial charge >= 0.3 is 5.69 Å². The molecule has 2 aromatic heterocycles. The summed E-state index contributed by atoms with van der Waals surface area (Å²) in [6.45, 7) is 2.11. The Morgan fingerprint density at radius 1 is 1.44 bits per heavy atom. The first kappa shape index (κ1) is 10.8. The summed E-state index contributed by atoms with van der Waals surface area (Å²) in [7, 11) is 0. The molecule has 0 aliphatic carbocycles. The van der Waals surface area contributed by atoms with Gasteiger partial charge in [-0.2, -0.15) is 5.10 Å². The molecule has 1 aliphatic heterocycles. The standard InChI is InChI=1S/C11H13N5O2/c17-10(6-9-12-11(18)14-13-9)16-5-4-15-3-1-2-8(15)7-16/h1-3H,4-7H2,(H2,12,13,14,18). The van der Waals surface area contributed by atoms with Crippen LogP contribution in [0.5, 0.6) is 0 Å². The van der Waals surface area contributed by atoms with Gasteiger partial charge < -0.3 is 9.47 Å². The van der Waals surface area contributed by atoms with Gasteiger partial charge in [0.1, 0.15) is 5.82 Å². The van der Waals surface area contributed by atoms with Crippen LogP contribution in [-0.2, 0) is 24.3 Å². The second-order valence-electron chi connectivity index (χ2n) is 4.31. The van der Waals surface area contributed by atoms with E-state index in [0.717, 1.165) is 12.2 Å². The summed E-state index contributed by atoms with van der Waals surface area (Å²) < 4.78 is 2.14. The third-order valence-electron chi connectivity index (χ3n) is 3.11. The number of carbonyl (C=O) groups excluding carboxylic acids is 1. The van der Waals surface area contributed by atoms with Crippen LogP contribution in [0.2, 0.25) is 0 Å². The molecule has 94 valence electrons. The lowest BCUT2D eigenvalue weighted by atomic mass is 10.2. The first-order chi connectivity index (χ1) is 8.72. The smallest absolute Gasteiger partial charge is 0.340 e. The van der Waals surface area contributed by atoms with Crippen LogP contribution in [0, 0.1) is 0 Å². The SMILES string of the molecule is O=C(Cc1n[nH]c(=O)[nH]1)N1CCn2cccc2C1. The van der Waals surface area contributed by atoms with Crippen molar-refractivity contribution in [3.05, 3.63) is 40.3 Å². The highest BCUT2D eigenvalue weighted by atomic mass is 16.2. The number of rotatable bonds is 2. The number of nitrogens with one attached hydrogen (secondary N) is 2. The fourth-order valence-electron chi connectivity index (χ4n) is 2.17. The molecule has 1 amide bonds. The van der Waals surface area contributed by atoms with E-state index in [0.29, 0.717) is 18.9 Å². The number of carbonyl (C=O) groups is 1. The highest BCUT2D eigenvalue weighted by molar-refractivity contribution is 5.78. The Bertz CT molecular complexity index is 623.